The number of nitrogens with zero attached hydrogens (tertiary/aromatic N) is 1. The fourth-order valence-corrected chi connectivity index (χ4v) is 3.75. The van der Waals surface area contributed by atoms with Gasteiger partial charge in [0.05, 0.1) is 17.6 Å². The van der Waals surface area contributed by atoms with Crippen LogP contribution in [0.5, 0.6) is 5.75 Å². The van der Waals surface area contributed by atoms with Crippen molar-refractivity contribution in [2.24, 2.45) is 5.73 Å². The molecule has 0 atom stereocenters. The van der Waals surface area contributed by atoms with Crippen molar-refractivity contribution < 1.29 is 27.4 Å². The van der Waals surface area contributed by atoms with Gasteiger partial charge in [-0.3, -0.25) is 4.79 Å². The predicted octanol–water partition coefficient (Wildman–Crippen LogP) is 4.79. The molecule has 3 aromatic carbocycles. The highest BCUT2D eigenvalue weighted by Gasteiger charge is 2.31. The van der Waals surface area contributed by atoms with Crippen molar-refractivity contribution in [2.75, 3.05) is 7.11 Å². The van der Waals surface area contributed by atoms with E-state index in [0.29, 0.717) is 28.5 Å². The standard InChI is InChI=1S/C23H18F3N2O3/c1-30-13-15-8-9-17-20(11-15)28(19-7-3-6-18(21(17)19)22(27)29)12-14-4-2-5-16(10-14)31-23(24,25)26/h2-8,10-11H,12-13H2,1H3,(H2,27,29). The van der Waals surface area contributed by atoms with E-state index < -0.39 is 12.3 Å². The van der Waals surface area contributed by atoms with Crippen molar-refractivity contribution >= 4 is 27.7 Å². The summed E-state index contributed by atoms with van der Waals surface area (Å²) in [5, 5.41) is 1.35. The molecule has 0 saturated carbocycles. The van der Waals surface area contributed by atoms with E-state index >= 15 is 0 Å². The normalized spacial score (nSPS) is 11.9. The number of methoxy groups -OCH3 is 1. The monoisotopic (exact) mass is 427 g/mol. The minimum atomic E-state index is -4.77. The molecule has 4 rings (SSSR count). The second-order valence-corrected chi connectivity index (χ2v) is 7.05. The van der Waals surface area contributed by atoms with E-state index in [2.05, 4.69) is 10.8 Å². The quantitative estimate of drug-likeness (QED) is 0.481. The number of nitrogens with two attached hydrogens (primary N) is 1. The molecule has 0 aliphatic rings. The van der Waals surface area contributed by atoms with E-state index in [1.54, 1.807) is 31.4 Å². The molecule has 0 aliphatic heterocycles. The molecule has 1 heterocycles. The lowest BCUT2D eigenvalue weighted by molar-refractivity contribution is -0.274. The summed E-state index contributed by atoms with van der Waals surface area (Å²) in [6.45, 7) is 0.618. The molecule has 1 radical (unpaired) electrons. The summed E-state index contributed by atoms with van der Waals surface area (Å²) in [5.74, 6) is -0.866. The van der Waals surface area contributed by atoms with Gasteiger partial charge in [-0.25, -0.2) is 0 Å². The molecule has 0 spiro atoms. The van der Waals surface area contributed by atoms with Gasteiger partial charge in [-0.1, -0.05) is 18.2 Å². The number of halogens is 3. The molecule has 2 N–H and O–H groups in total. The van der Waals surface area contributed by atoms with Crippen molar-refractivity contribution in [2.45, 2.75) is 19.5 Å². The summed E-state index contributed by atoms with van der Waals surface area (Å²) in [7, 11) is 1.58. The largest absolute Gasteiger partial charge is 0.573 e. The third-order valence-corrected chi connectivity index (χ3v) is 4.90. The third-order valence-electron chi connectivity index (χ3n) is 4.90. The van der Waals surface area contributed by atoms with Gasteiger partial charge in [0.2, 0.25) is 5.91 Å². The first-order valence-corrected chi connectivity index (χ1v) is 9.36. The number of amides is 1. The van der Waals surface area contributed by atoms with E-state index in [1.165, 1.54) is 18.2 Å². The van der Waals surface area contributed by atoms with Gasteiger partial charge in [0.15, 0.2) is 0 Å². The Labute approximate surface area is 175 Å². The summed E-state index contributed by atoms with van der Waals surface area (Å²) < 4.78 is 49.0. The maximum absolute atomic E-state index is 12.6. The lowest BCUT2D eigenvalue weighted by atomic mass is 10.0. The summed E-state index contributed by atoms with van der Waals surface area (Å²) in [6, 6.07) is 17.9. The first-order valence-electron chi connectivity index (χ1n) is 9.36. The number of aromatic nitrogens is 1. The average Bonchev–Trinajstić information content (AvgIpc) is 3.00. The van der Waals surface area contributed by atoms with Crippen LogP contribution >= 0.6 is 0 Å². The highest BCUT2D eigenvalue weighted by molar-refractivity contribution is 6.17. The number of benzene rings is 3. The molecule has 31 heavy (non-hydrogen) atoms. The second-order valence-electron chi connectivity index (χ2n) is 7.05. The molecule has 0 unspecified atom stereocenters. The summed E-state index contributed by atoms with van der Waals surface area (Å²) in [6.07, 6.45) is -4.77. The van der Waals surface area contributed by atoms with Crippen molar-refractivity contribution in [3.05, 3.63) is 77.4 Å². The van der Waals surface area contributed by atoms with E-state index in [0.717, 1.165) is 16.6 Å². The van der Waals surface area contributed by atoms with Crippen LogP contribution in [-0.4, -0.2) is 23.9 Å². The molecule has 159 valence electrons. The Hall–Kier alpha value is -3.52. The Bertz CT molecular complexity index is 1280. The van der Waals surface area contributed by atoms with Crippen LogP contribution in [0.1, 0.15) is 21.5 Å². The molecule has 0 aliphatic carbocycles. The van der Waals surface area contributed by atoms with E-state index in [1.807, 2.05) is 16.7 Å². The van der Waals surface area contributed by atoms with E-state index in [9.17, 15) is 18.0 Å². The van der Waals surface area contributed by atoms with Gasteiger partial charge >= 0.3 is 6.36 Å². The Morgan fingerprint density at radius 1 is 1.10 bits per heavy atom. The van der Waals surface area contributed by atoms with Gasteiger partial charge < -0.3 is 19.8 Å². The number of carbonyl (C=O) groups is 1. The second kappa shape index (κ2) is 7.96. The van der Waals surface area contributed by atoms with Crippen molar-refractivity contribution in [3.63, 3.8) is 0 Å². The number of hydrogen-bond acceptors (Lipinski definition) is 3. The van der Waals surface area contributed by atoms with Crippen molar-refractivity contribution in [1.82, 2.24) is 4.57 Å². The van der Waals surface area contributed by atoms with Crippen LogP contribution in [0.25, 0.3) is 21.8 Å². The average molecular weight is 427 g/mol. The molecular formula is C23H18F3N2O3. The molecule has 5 nitrogen and oxygen atoms in total. The molecule has 0 bridgehead atoms. The lowest BCUT2D eigenvalue weighted by Crippen LogP contribution is -2.17. The molecule has 1 aromatic heterocycles. The van der Waals surface area contributed by atoms with Crippen LogP contribution in [0, 0.1) is 6.07 Å². The van der Waals surface area contributed by atoms with Crippen LogP contribution in [-0.2, 0) is 17.9 Å². The Kier molecular flexibility index (Phi) is 5.32. The summed E-state index contributed by atoms with van der Waals surface area (Å²) in [5.41, 5.74) is 8.89. The topological polar surface area (TPSA) is 66.5 Å². The molecular weight excluding hydrogens is 409 g/mol. The molecule has 1 amide bonds. The number of alkyl halides is 3. The fourth-order valence-electron chi connectivity index (χ4n) is 3.75. The minimum absolute atomic E-state index is 0.252. The zero-order valence-electron chi connectivity index (χ0n) is 16.5. The number of primary amides is 1. The van der Waals surface area contributed by atoms with Crippen LogP contribution in [0.2, 0.25) is 0 Å². The first-order chi connectivity index (χ1) is 14.8. The summed E-state index contributed by atoms with van der Waals surface area (Å²) >= 11 is 0. The van der Waals surface area contributed by atoms with Gasteiger partial charge in [0.25, 0.3) is 0 Å². The van der Waals surface area contributed by atoms with Crippen LogP contribution in [0.4, 0.5) is 13.2 Å². The zero-order valence-corrected chi connectivity index (χ0v) is 16.5. The van der Waals surface area contributed by atoms with E-state index in [4.69, 9.17) is 10.5 Å². The maximum Gasteiger partial charge on any atom is 0.573 e. The van der Waals surface area contributed by atoms with Gasteiger partial charge in [-0.15, -0.1) is 13.2 Å². The number of rotatable bonds is 6. The third kappa shape index (κ3) is 4.20. The number of hydrogen-bond donors (Lipinski definition) is 1. The lowest BCUT2D eigenvalue weighted by Gasteiger charge is -2.12. The highest BCUT2D eigenvalue weighted by Crippen LogP contribution is 2.33. The predicted molar refractivity (Wildman–Crippen MR) is 110 cm³/mol. The highest BCUT2D eigenvalue weighted by atomic mass is 19.4. The fraction of sp³-hybridized carbons (Fsp3) is 0.174. The molecule has 0 fully saturated rings. The smallest absolute Gasteiger partial charge is 0.406 e. The zero-order chi connectivity index (χ0) is 22.2. The molecule has 8 heteroatoms. The number of carbonyl (C=O) groups excluding carboxylic acids is 1. The van der Waals surface area contributed by atoms with Gasteiger partial charge in [0.1, 0.15) is 5.75 Å². The Morgan fingerprint density at radius 3 is 2.58 bits per heavy atom. The van der Waals surface area contributed by atoms with Gasteiger partial charge in [-0.05, 0) is 53.6 Å². The Morgan fingerprint density at radius 2 is 1.87 bits per heavy atom. The molecule has 0 saturated heterocycles. The minimum Gasteiger partial charge on any atom is -0.406 e. The van der Waals surface area contributed by atoms with Crippen LogP contribution in [0.3, 0.4) is 0 Å². The van der Waals surface area contributed by atoms with Crippen molar-refractivity contribution in [3.8, 4) is 5.75 Å². The Balaban J connectivity index is 1.90. The molecule has 4 aromatic rings. The SMILES string of the molecule is COCc1c[c]c2c3c(C(N)=O)cccc3n(Cc3cccc(OC(F)(F)F)c3)c2c1. The van der Waals surface area contributed by atoms with Crippen molar-refractivity contribution in [1.29, 1.82) is 0 Å². The van der Waals surface area contributed by atoms with Crippen LogP contribution in [0.15, 0.2) is 54.6 Å². The maximum atomic E-state index is 12.6. The summed E-state index contributed by atoms with van der Waals surface area (Å²) in [4.78, 5) is 12.0. The first kappa shape index (κ1) is 20.7. The number of ether oxygens (including phenoxy) is 2. The van der Waals surface area contributed by atoms with Gasteiger partial charge in [0, 0.05) is 30.0 Å². The number of fused-ring (bicyclic) bond motifs is 3. The van der Waals surface area contributed by atoms with Gasteiger partial charge in [-0.2, -0.15) is 0 Å². The van der Waals surface area contributed by atoms with E-state index in [-0.39, 0.29) is 12.3 Å². The van der Waals surface area contributed by atoms with Crippen LogP contribution < -0.4 is 10.5 Å².